The van der Waals surface area contributed by atoms with Crippen molar-refractivity contribution in [3.05, 3.63) is 14.0 Å². The molecule has 0 heterocycles. The minimum absolute atomic E-state index is 0. The molecule has 1 atom stereocenters. The van der Waals surface area contributed by atoms with Gasteiger partial charge in [0.2, 0.25) is 0 Å². The van der Waals surface area contributed by atoms with E-state index in [-0.39, 0.29) is 26.8 Å². The molecule has 0 aliphatic rings. The zero-order valence-corrected chi connectivity index (χ0v) is 15.0. The summed E-state index contributed by atoms with van der Waals surface area (Å²) in [5.74, 6) is 0.479. The Kier molecular flexibility index (Phi) is 18.7. The van der Waals surface area contributed by atoms with Gasteiger partial charge in [-0.2, -0.15) is 0 Å². The maximum absolute atomic E-state index is 10.6. The third kappa shape index (κ3) is 21.9. The van der Waals surface area contributed by atoms with Crippen molar-refractivity contribution in [3.63, 3.8) is 0 Å². The van der Waals surface area contributed by atoms with Crippen molar-refractivity contribution in [1.29, 1.82) is 0 Å². The molecule has 0 saturated carbocycles. The number of hydrogen-bond donors (Lipinski definition) is 0. The van der Waals surface area contributed by atoms with Crippen LogP contribution in [0.2, 0.25) is 0 Å². The van der Waals surface area contributed by atoms with Crippen molar-refractivity contribution in [2.75, 3.05) is 33.7 Å². The van der Waals surface area contributed by atoms with Crippen LogP contribution >= 0.6 is 0 Å². The van der Waals surface area contributed by atoms with Gasteiger partial charge in [0.25, 0.3) is 0 Å². The van der Waals surface area contributed by atoms with Crippen molar-refractivity contribution in [1.82, 2.24) is 9.80 Å². The molecule has 102 valence electrons. The zero-order valence-electron chi connectivity index (χ0n) is 12.0. The maximum Gasteiger partial charge on any atom is 2.00 e. The Hall–Kier alpha value is 0.148. The summed E-state index contributed by atoms with van der Waals surface area (Å²) in [5.41, 5.74) is 0. The molecule has 0 aromatic carbocycles. The summed E-state index contributed by atoms with van der Waals surface area (Å²) in [7, 11) is 7.59. The summed E-state index contributed by atoms with van der Waals surface area (Å²) in [4.78, 5) is 14.7. The van der Waals surface area contributed by atoms with Gasteiger partial charge in [-0.3, -0.25) is 7.05 Å². The first kappa shape index (κ1) is 22.3. The Bertz CT molecular complexity index is 175. The van der Waals surface area contributed by atoms with Crippen molar-refractivity contribution in [3.8, 4) is 0 Å². The van der Waals surface area contributed by atoms with E-state index in [1.807, 2.05) is 11.9 Å². The molecule has 0 rings (SSSR count). The zero-order chi connectivity index (χ0) is 13.1. The molecule has 0 saturated heterocycles. The molecule has 17 heavy (non-hydrogen) atoms. The number of carbonyl (C=O) groups is 1. The quantitative estimate of drug-likeness (QED) is 0.625. The van der Waals surface area contributed by atoms with Crippen LogP contribution in [0.5, 0.6) is 0 Å². The minimum Gasteiger partial charge on any atom is -0.462 e. The molecule has 0 amide bonds. The Labute approximate surface area is 122 Å². The van der Waals surface area contributed by atoms with Crippen LogP contribution in [-0.4, -0.2) is 49.3 Å². The summed E-state index contributed by atoms with van der Waals surface area (Å²) < 4.78 is 0. The molecule has 0 fully saturated rings. The van der Waals surface area contributed by atoms with Crippen LogP contribution < -0.4 is 0 Å². The molecular weight excluding hydrogens is 384 g/mol. The van der Waals surface area contributed by atoms with Crippen LogP contribution in [-0.2, 0) is 25.9 Å². The molecule has 0 radical (unpaired) electrons. The average Bonchev–Trinajstić information content (AvgIpc) is 2.17. The van der Waals surface area contributed by atoms with Gasteiger partial charge in [-0.1, -0.05) is 20.8 Å². The number of Topliss-reactive ketones (excluding diaryl/α,β-unsaturated/α-hetero) is 1. The molecule has 3 nitrogen and oxygen atoms in total. The van der Waals surface area contributed by atoms with E-state index in [2.05, 4.69) is 46.7 Å². The molecule has 4 heteroatoms. The SMILES string of the molecule is [CH2-]C(=O)CC(C)CN(C)CC.[CH2-]N(C)CC.[W+2]. The van der Waals surface area contributed by atoms with E-state index < -0.39 is 0 Å². The Balaban J connectivity index is -0.000000280. The summed E-state index contributed by atoms with van der Waals surface area (Å²) in [6.07, 6.45) is 0.602. The van der Waals surface area contributed by atoms with E-state index in [9.17, 15) is 4.79 Å². The maximum atomic E-state index is 10.6. The van der Waals surface area contributed by atoms with Gasteiger partial charge >= 0.3 is 21.1 Å². The van der Waals surface area contributed by atoms with Crippen molar-refractivity contribution in [2.45, 2.75) is 27.2 Å². The number of ketones is 1. The Morgan fingerprint density at radius 2 is 1.65 bits per heavy atom. The Morgan fingerprint density at radius 3 is 1.88 bits per heavy atom. The third-order valence-electron chi connectivity index (χ3n) is 2.28. The fourth-order valence-electron chi connectivity index (χ4n) is 1.11. The molecule has 0 aromatic rings. The molecule has 0 bridgehead atoms. The topological polar surface area (TPSA) is 23.6 Å². The second kappa shape index (κ2) is 14.2. The van der Waals surface area contributed by atoms with E-state index in [1.165, 1.54) is 0 Å². The fourth-order valence-corrected chi connectivity index (χ4v) is 1.11. The van der Waals surface area contributed by atoms with Crippen molar-refractivity contribution in [2.24, 2.45) is 5.92 Å². The first-order valence-electron chi connectivity index (χ1n) is 5.88. The van der Waals surface area contributed by atoms with E-state index in [0.29, 0.717) is 12.3 Å². The number of carbonyl (C=O) groups excluding carboxylic acids is 1. The van der Waals surface area contributed by atoms with E-state index in [1.54, 1.807) is 0 Å². The Morgan fingerprint density at radius 1 is 1.24 bits per heavy atom. The van der Waals surface area contributed by atoms with Crippen LogP contribution in [0, 0.1) is 19.9 Å². The summed E-state index contributed by atoms with van der Waals surface area (Å²) in [5, 5.41) is 0. The van der Waals surface area contributed by atoms with Crippen molar-refractivity contribution >= 4 is 5.78 Å². The van der Waals surface area contributed by atoms with Gasteiger partial charge in [-0.25, -0.2) is 0 Å². The second-order valence-corrected chi connectivity index (χ2v) is 4.38. The molecule has 0 aliphatic carbocycles. The number of rotatable bonds is 6. The van der Waals surface area contributed by atoms with Gasteiger partial charge in [-0.15, -0.1) is 0 Å². The van der Waals surface area contributed by atoms with Crippen molar-refractivity contribution < 1.29 is 25.9 Å². The third-order valence-corrected chi connectivity index (χ3v) is 2.28. The van der Waals surface area contributed by atoms with Crippen LogP contribution in [0.4, 0.5) is 0 Å². The minimum atomic E-state index is 0. The predicted molar refractivity (Wildman–Crippen MR) is 71.0 cm³/mol. The number of nitrogens with zero attached hydrogens (tertiary/aromatic N) is 2. The molecule has 0 spiro atoms. The smallest absolute Gasteiger partial charge is 0.462 e. The molecule has 0 aliphatic heterocycles. The molecule has 0 N–H and O–H groups in total. The van der Waals surface area contributed by atoms with Gasteiger partial charge < -0.3 is 21.5 Å². The predicted octanol–water partition coefficient (Wildman–Crippen LogP) is 2.09. The van der Waals surface area contributed by atoms with Crippen LogP contribution in [0.3, 0.4) is 0 Å². The van der Waals surface area contributed by atoms with Crippen LogP contribution in [0.15, 0.2) is 0 Å². The van der Waals surface area contributed by atoms with Gasteiger partial charge in [0.15, 0.2) is 0 Å². The average molecular weight is 412 g/mol. The summed E-state index contributed by atoms with van der Waals surface area (Å²) >= 11 is 0. The first-order chi connectivity index (χ1) is 7.33. The van der Waals surface area contributed by atoms with Crippen LogP contribution in [0.25, 0.3) is 0 Å². The first-order valence-corrected chi connectivity index (χ1v) is 5.88. The van der Waals surface area contributed by atoms with Gasteiger partial charge in [0.1, 0.15) is 0 Å². The summed E-state index contributed by atoms with van der Waals surface area (Å²) in [6.45, 7) is 12.7. The van der Waals surface area contributed by atoms with E-state index in [4.69, 9.17) is 0 Å². The normalized spacial score (nSPS) is 11.5. The largest absolute Gasteiger partial charge is 2.00 e. The standard InChI is InChI=1S/C9H18NO.C4H10N.W/c1-5-10(4)7-8(2)6-9(3)11;1-4-5(2)3;/h8H,3,5-7H2,1-2,4H3;2,4H2,1,3H3;/q2*-1;+2. The van der Waals surface area contributed by atoms with E-state index >= 15 is 0 Å². The molecular formula is C13H28N2OW. The monoisotopic (exact) mass is 412 g/mol. The fraction of sp³-hybridized carbons (Fsp3) is 0.769. The summed E-state index contributed by atoms with van der Waals surface area (Å²) in [6, 6.07) is 0. The van der Waals surface area contributed by atoms with Gasteiger partial charge in [0.05, 0.1) is 0 Å². The molecule has 1 unspecified atom stereocenters. The second-order valence-electron chi connectivity index (χ2n) is 4.38. The van der Waals surface area contributed by atoms with Gasteiger partial charge in [-0.05, 0) is 45.3 Å². The van der Waals surface area contributed by atoms with E-state index in [0.717, 1.165) is 19.6 Å². The van der Waals surface area contributed by atoms with Crippen LogP contribution in [0.1, 0.15) is 27.2 Å². The number of hydrogen-bond acceptors (Lipinski definition) is 3. The van der Waals surface area contributed by atoms with Gasteiger partial charge in [0, 0.05) is 6.54 Å². The molecule has 0 aromatic heterocycles.